The maximum Gasteiger partial charge on any atom is 0.408 e. The molecule has 0 radical (unpaired) electrons. The highest BCUT2D eigenvalue weighted by Gasteiger charge is 2.28. The topological polar surface area (TPSA) is 59.0 Å². The van der Waals surface area contributed by atoms with Crippen LogP contribution in [0.5, 0.6) is 0 Å². The number of rotatable bonds is 4. The van der Waals surface area contributed by atoms with Crippen molar-refractivity contribution in [3.63, 3.8) is 0 Å². The molecule has 0 spiro atoms. The molecule has 2 aromatic carbocycles. The van der Waals surface area contributed by atoms with Crippen LogP contribution in [-0.2, 0) is 13.1 Å². The first-order valence-corrected chi connectivity index (χ1v) is 7.51. The highest BCUT2D eigenvalue weighted by atomic mass is 19.4. The van der Waals surface area contributed by atoms with E-state index in [0.717, 1.165) is 27.2 Å². The molecule has 5 nitrogen and oxygen atoms in total. The Labute approximate surface area is 141 Å². The summed E-state index contributed by atoms with van der Waals surface area (Å²) in [5, 5.41) is 10.8. The van der Waals surface area contributed by atoms with Crippen LogP contribution < -0.4 is 10.6 Å². The molecule has 1 aromatic heterocycles. The number of carbonyl (C=O) groups is 1. The fraction of sp³-hybridized carbons (Fsp3) is 0.176. The van der Waals surface area contributed by atoms with Gasteiger partial charge in [0.2, 0.25) is 0 Å². The second-order valence-corrected chi connectivity index (χ2v) is 5.53. The van der Waals surface area contributed by atoms with Gasteiger partial charge < -0.3 is 10.6 Å². The molecule has 0 saturated heterocycles. The van der Waals surface area contributed by atoms with Gasteiger partial charge in [0.15, 0.2) is 0 Å². The fourth-order valence-corrected chi connectivity index (χ4v) is 2.40. The molecular formula is C17H15F3N4O. The molecule has 0 unspecified atom stereocenters. The van der Waals surface area contributed by atoms with Crippen LogP contribution in [0.25, 0.3) is 10.8 Å². The minimum atomic E-state index is -4.36. The Hall–Kier alpha value is -3.03. The second kappa shape index (κ2) is 6.84. The highest BCUT2D eigenvalue weighted by molar-refractivity contribution is 5.89. The number of fused-ring (bicyclic) bond motifs is 1. The largest absolute Gasteiger partial charge is 0.408 e. The second-order valence-electron chi connectivity index (χ2n) is 5.53. The minimum absolute atomic E-state index is 0.195. The fourth-order valence-electron chi connectivity index (χ4n) is 2.40. The third kappa shape index (κ3) is 4.72. The van der Waals surface area contributed by atoms with Crippen molar-refractivity contribution in [3.8, 4) is 0 Å². The first-order chi connectivity index (χ1) is 11.9. The van der Waals surface area contributed by atoms with E-state index in [1.807, 2.05) is 42.5 Å². The quantitative estimate of drug-likeness (QED) is 0.751. The number of hydrogen-bond donors (Lipinski definition) is 2. The minimum Gasteiger partial charge on any atom is -0.334 e. The van der Waals surface area contributed by atoms with E-state index in [1.54, 1.807) is 0 Å². The molecule has 0 atom stereocenters. The average Bonchev–Trinajstić information content (AvgIpc) is 2.97. The molecule has 2 N–H and O–H groups in total. The Balaban J connectivity index is 1.55. The number of carbonyl (C=O) groups excluding carboxylic acids is 1. The third-order valence-electron chi connectivity index (χ3n) is 3.50. The van der Waals surface area contributed by atoms with Crippen LogP contribution in [0.2, 0.25) is 0 Å². The number of amides is 2. The Morgan fingerprint density at radius 3 is 2.64 bits per heavy atom. The van der Waals surface area contributed by atoms with E-state index in [0.29, 0.717) is 6.54 Å². The molecule has 0 aliphatic rings. The maximum absolute atomic E-state index is 12.3. The lowest BCUT2D eigenvalue weighted by atomic mass is 10.1. The zero-order chi connectivity index (χ0) is 17.9. The van der Waals surface area contributed by atoms with Crippen LogP contribution in [0.3, 0.4) is 0 Å². The van der Waals surface area contributed by atoms with Gasteiger partial charge in [-0.25, -0.2) is 4.79 Å². The normalized spacial score (nSPS) is 11.5. The molecule has 3 aromatic rings. The Morgan fingerprint density at radius 2 is 1.88 bits per heavy atom. The molecular weight excluding hydrogens is 333 g/mol. The first kappa shape index (κ1) is 16.8. The lowest BCUT2D eigenvalue weighted by Gasteiger charge is -2.07. The number of aromatic nitrogens is 2. The van der Waals surface area contributed by atoms with Crippen molar-refractivity contribution in [3.05, 3.63) is 60.4 Å². The molecule has 8 heteroatoms. The van der Waals surface area contributed by atoms with Crippen LogP contribution in [-0.4, -0.2) is 22.0 Å². The number of nitrogens with zero attached hydrogens (tertiary/aromatic N) is 2. The van der Waals surface area contributed by atoms with Gasteiger partial charge in [-0.3, -0.25) is 4.68 Å². The number of nitrogens with one attached hydrogen (secondary N) is 2. The Kier molecular flexibility index (Phi) is 4.60. The summed E-state index contributed by atoms with van der Waals surface area (Å²) in [5.41, 5.74) is 1.11. The molecule has 2 amide bonds. The van der Waals surface area contributed by atoms with Gasteiger partial charge in [0.05, 0.1) is 11.9 Å². The van der Waals surface area contributed by atoms with E-state index in [4.69, 9.17) is 0 Å². The SMILES string of the molecule is O=C(NCc1ccc2ccccc2c1)Nc1cnn(CC(F)(F)F)c1. The van der Waals surface area contributed by atoms with Gasteiger partial charge in [0, 0.05) is 12.7 Å². The first-order valence-electron chi connectivity index (χ1n) is 7.51. The van der Waals surface area contributed by atoms with Gasteiger partial charge >= 0.3 is 12.2 Å². The zero-order valence-electron chi connectivity index (χ0n) is 13.0. The summed E-state index contributed by atoms with van der Waals surface area (Å²) in [4.78, 5) is 11.9. The molecule has 0 aliphatic carbocycles. The Morgan fingerprint density at radius 1 is 1.12 bits per heavy atom. The summed E-state index contributed by atoms with van der Waals surface area (Å²) in [6.45, 7) is -0.902. The molecule has 1 heterocycles. The summed E-state index contributed by atoms with van der Waals surface area (Å²) in [6, 6.07) is 13.2. The van der Waals surface area contributed by atoms with Crippen LogP contribution >= 0.6 is 0 Å². The molecule has 0 fully saturated rings. The van der Waals surface area contributed by atoms with Crippen LogP contribution in [0.15, 0.2) is 54.9 Å². The summed E-state index contributed by atoms with van der Waals surface area (Å²) >= 11 is 0. The lowest BCUT2D eigenvalue weighted by Crippen LogP contribution is -2.28. The van der Waals surface area contributed by atoms with Crippen LogP contribution in [0.1, 0.15) is 5.56 Å². The molecule has 0 aliphatic heterocycles. The van der Waals surface area contributed by atoms with Crippen molar-refractivity contribution in [2.24, 2.45) is 0 Å². The zero-order valence-corrected chi connectivity index (χ0v) is 13.0. The number of anilines is 1. The third-order valence-corrected chi connectivity index (χ3v) is 3.50. The molecule has 25 heavy (non-hydrogen) atoms. The van der Waals surface area contributed by atoms with E-state index in [1.165, 1.54) is 6.20 Å². The maximum atomic E-state index is 12.3. The van der Waals surface area contributed by atoms with Crippen LogP contribution in [0.4, 0.5) is 23.7 Å². The van der Waals surface area contributed by atoms with Gasteiger partial charge in [-0.2, -0.15) is 18.3 Å². The van der Waals surface area contributed by atoms with Crippen molar-refractivity contribution in [2.75, 3.05) is 5.32 Å². The number of hydrogen-bond acceptors (Lipinski definition) is 2. The van der Waals surface area contributed by atoms with Gasteiger partial charge in [-0.05, 0) is 22.4 Å². The molecule has 0 bridgehead atoms. The standard InChI is InChI=1S/C17H15F3N4O/c18-17(19,20)11-24-10-15(9-22-24)23-16(25)21-8-12-5-6-13-3-1-2-4-14(13)7-12/h1-7,9-10H,8,11H2,(H2,21,23,25). The van der Waals surface area contributed by atoms with E-state index < -0.39 is 18.8 Å². The van der Waals surface area contributed by atoms with Gasteiger partial charge in [0.25, 0.3) is 0 Å². The number of urea groups is 1. The van der Waals surface area contributed by atoms with E-state index in [-0.39, 0.29) is 5.69 Å². The van der Waals surface area contributed by atoms with E-state index >= 15 is 0 Å². The highest BCUT2D eigenvalue weighted by Crippen LogP contribution is 2.18. The van der Waals surface area contributed by atoms with Crippen molar-refractivity contribution in [1.82, 2.24) is 15.1 Å². The van der Waals surface area contributed by atoms with Gasteiger partial charge in [0.1, 0.15) is 6.54 Å². The summed E-state index contributed by atoms with van der Waals surface area (Å²) in [6.07, 6.45) is -2.06. The van der Waals surface area contributed by atoms with Crippen molar-refractivity contribution in [1.29, 1.82) is 0 Å². The Bertz CT molecular complexity index is 889. The van der Waals surface area contributed by atoms with Crippen LogP contribution in [0, 0.1) is 0 Å². The van der Waals surface area contributed by atoms with Crippen molar-refractivity contribution >= 4 is 22.5 Å². The summed E-state index contributed by atoms with van der Waals surface area (Å²) in [7, 11) is 0. The molecule has 0 saturated carbocycles. The number of alkyl halides is 3. The van der Waals surface area contributed by atoms with Gasteiger partial charge in [-0.1, -0.05) is 36.4 Å². The van der Waals surface area contributed by atoms with E-state index in [2.05, 4.69) is 15.7 Å². The monoisotopic (exact) mass is 348 g/mol. The molecule has 3 rings (SSSR count). The molecule has 130 valence electrons. The summed E-state index contributed by atoms with van der Waals surface area (Å²) in [5.74, 6) is 0. The predicted octanol–water partition coefficient (Wildman–Crippen LogP) is 3.92. The van der Waals surface area contributed by atoms with E-state index in [9.17, 15) is 18.0 Å². The lowest BCUT2D eigenvalue weighted by molar-refractivity contribution is -0.142. The van der Waals surface area contributed by atoms with Crippen molar-refractivity contribution < 1.29 is 18.0 Å². The van der Waals surface area contributed by atoms with Crippen molar-refractivity contribution in [2.45, 2.75) is 19.3 Å². The average molecular weight is 348 g/mol. The number of benzene rings is 2. The number of halogens is 3. The predicted molar refractivity (Wildman–Crippen MR) is 88.1 cm³/mol. The summed E-state index contributed by atoms with van der Waals surface area (Å²) < 4.78 is 37.5. The smallest absolute Gasteiger partial charge is 0.334 e. The van der Waals surface area contributed by atoms with Gasteiger partial charge in [-0.15, -0.1) is 0 Å².